The Hall–Kier alpha value is -0.900. The molecule has 1 N–H and O–H groups in total. The zero-order valence-corrected chi connectivity index (χ0v) is 9.45. The van der Waals surface area contributed by atoms with E-state index in [1.165, 1.54) is 31.5 Å². The van der Waals surface area contributed by atoms with Crippen LogP contribution in [-0.2, 0) is 13.0 Å². The fraction of sp³-hybridized carbons (Fsp3) is 0.818. The van der Waals surface area contributed by atoms with Gasteiger partial charge in [-0.3, -0.25) is 0 Å². The Morgan fingerprint density at radius 1 is 1.53 bits per heavy atom. The molecule has 1 aliphatic heterocycles. The number of rotatable bonds is 4. The van der Waals surface area contributed by atoms with E-state index in [-0.39, 0.29) is 0 Å². The third-order valence-corrected chi connectivity index (χ3v) is 3.00. The fourth-order valence-electron chi connectivity index (χ4n) is 2.19. The van der Waals surface area contributed by atoms with Crippen molar-refractivity contribution in [3.8, 4) is 0 Å². The Balaban J connectivity index is 1.93. The monoisotopic (exact) mass is 208 g/mol. The van der Waals surface area contributed by atoms with Crippen LogP contribution in [-0.4, -0.2) is 27.6 Å². The normalized spacial score (nSPS) is 21.8. The molecule has 0 spiro atoms. The largest absolute Gasteiger partial charge is 0.314 e. The molecular formula is C11H20N4. The highest BCUT2D eigenvalue weighted by Gasteiger charge is 2.15. The van der Waals surface area contributed by atoms with Gasteiger partial charge in [0.2, 0.25) is 0 Å². The molecule has 2 rings (SSSR count). The van der Waals surface area contributed by atoms with Gasteiger partial charge in [-0.1, -0.05) is 18.6 Å². The summed E-state index contributed by atoms with van der Waals surface area (Å²) in [6, 6.07) is 0.632. The topological polar surface area (TPSA) is 42.7 Å². The van der Waals surface area contributed by atoms with Crippen LogP contribution < -0.4 is 5.32 Å². The zero-order valence-electron chi connectivity index (χ0n) is 9.45. The zero-order chi connectivity index (χ0) is 10.5. The van der Waals surface area contributed by atoms with Gasteiger partial charge in [-0.25, -0.2) is 4.68 Å². The van der Waals surface area contributed by atoms with E-state index in [1.807, 2.05) is 10.9 Å². The standard InChI is InChI=1S/C11H20N4/c1-2-7-15-11(9-13-14-15)8-10-5-3-4-6-12-10/h9-10,12H,2-8H2,1H3. The van der Waals surface area contributed by atoms with Gasteiger partial charge in [0.25, 0.3) is 0 Å². The van der Waals surface area contributed by atoms with E-state index in [0.717, 1.165) is 19.4 Å². The van der Waals surface area contributed by atoms with Crippen LogP contribution >= 0.6 is 0 Å². The Labute approximate surface area is 91.1 Å². The minimum Gasteiger partial charge on any atom is -0.314 e. The molecule has 1 atom stereocenters. The SMILES string of the molecule is CCCn1nncc1CC1CCCCN1. The molecule has 0 aliphatic carbocycles. The van der Waals surface area contributed by atoms with Gasteiger partial charge < -0.3 is 5.32 Å². The molecule has 0 aromatic carbocycles. The Morgan fingerprint density at radius 3 is 3.20 bits per heavy atom. The highest BCUT2D eigenvalue weighted by Crippen LogP contribution is 2.12. The van der Waals surface area contributed by atoms with Gasteiger partial charge in [0.1, 0.15) is 0 Å². The lowest BCUT2D eigenvalue weighted by molar-refractivity contribution is 0.389. The van der Waals surface area contributed by atoms with Crippen LogP contribution in [0, 0.1) is 0 Å². The van der Waals surface area contributed by atoms with Crippen LogP contribution in [0.1, 0.15) is 38.3 Å². The van der Waals surface area contributed by atoms with Crippen molar-refractivity contribution in [3.05, 3.63) is 11.9 Å². The van der Waals surface area contributed by atoms with Crippen molar-refractivity contribution in [1.82, 2.24) is 20.3 Å². The minimum absolute atomic E-state index is 0.632. The van der Waals surface area contributed by atoms with E-state index < -0.39 is 0 Å². The van der Waals surface area contributed by atoms with Gasteiger partial charge in [0.15, 0.2) is 0 Å². The number of aryl methyl sites for hydroxylation is 1. The van der Waals surface area contributed by atoms with Crippen molar-refractivity contribution in [2.24, 2.45) is 0 Å². The van der Waals surface area contributed by atoms with Crippen LogP contribution in [0.3, 0.4) is 0 Å². The molecule has 4 heteroatoms. The third-order valence-electron chi connectivity index (χ3n) is 3.00. The van der Waals surface area contributed by atoms with Gasteiger partial charge in [0.05, 0.1) is 11.9 Å². The molecule has 0 bridgehead atoms. The molecule has 0 radical (unpaired) electrons. The van der Waals surface area contributed by atoms with Crippen molar-refractivity contribution in [1.29, 1.82) is 0 Å². The van der Waals surface area contributed by atoms with E-state index in [0.29, 0.717) is 6.04 Å². The smallest absolute Gasteiger partial charge is 0.0725 e. The van der Waals surface area contributed by atoms with Crippen molar-refractivity contribution in [2.75, 3.05) is 6.54 Å². The lowest BCUT2D eigenvalue weighted by Crippen LogP contribution is -2.36. The van der Waals surface area contributed by atoms with Gasteiger partial charge >= 0.3 is 0 Å². The van der Waals surface area contributed by atoms with Gasteiger partial charge in [-0.05, 0) is 25.8 Å². The summed E-state index contributed by atoms with van der Waals surface area (Å²) < 4.78 is 2.04. The van der Waals surface area contributed by atoms with Crippen molar-refractivity contribution in [2.45, 2.75) is 51.6 Å². The first-order valence-corrected chi connectivity index (χ1v) is 6.01. The summed E-state index contributed by atoms with van der Waals surface area (Å²) in [5.74, 6) is 0. The predicted octanol–water partition coefficient (Wildman–Crippen LogP) is 1.37. The molecule has 15 heavy (non-hydrogen) atoms. The van der Waals surface area contributed by atoms with Gasteiger partial charge in [-0.15, -0.1) is 5.10 Å². The number of hydrogen-bond donors (Lipinski definition) is 1. The first kappa shape index (κ1) is 10.6. The Kier molecular flexibility index (Phi) is 3.72. The fourth-order valence-corrected chi connectivity index (χ4v) is 2.19. The second-order valence-corrected chi connectivity index (χ2v) is 4.30. The maximum absolute atomic E-state index is 4.11. The van der Waals surface area contributed by atoms with E-state index in [9.17, 15) is 0 Å². The van der Waals surface area contributed by atoms with Gasteiger partial charge in [-0.2, -0.15) is 0 Å². The van der Waals surface area contributed by atoms with Crippen molar-refractivity contribution >= 4 is 0 Å². The average Bonchev–Trinajstić information content (AvgIpc) is 2.68. The second-order valence-electron chi connectivity index (χ2n) is 4.30. The van der Waals surface area contributed by atoms with Crippen LogP contribution in [0.5, 0.6) is 0 Å². The van der Waals surface area contributed by atoms with Crippen LogP contribution in [0.4, 0.5) is 0 Å². The van der Waals surface area contributed by atoms with E-state index in [2.05, 4.69) is 22.6 Å². The third kappa shape index (κ3) is 2.78. The first-order valence-electron chi connectivity index (χ1n) is 6.01. The molecule has 1 saturated heterocycles. The molecule has 0 amide bonds. The van der Waals surface area contributed by atoms with Crippen LogP contribution in [0.25, 0.3) is 0 Å². The summed E-state index contributed by atoms with van der Waals surface area (Å²) in [5, 5.41) is 11.7. The predicted molar refractivity (Wildman–Crippen MR) is 59.7 cm³/mol. The lowest BCUT2D eigenvalue weighted by Gasteiger charge is -2.23. The number of nitrogens with one attached hydrogen (secondary N) is 1. The highest BCUT2D eigenvalue weighted by atomic mass is 15.4. The average molecular weight is 208 g/mol. The van der Waals surface area contributed by atoms with E-state index >= 15 is 0 Å². The molecule has 1 fully saturated rings. The number of nitrogens with zero attached hydrogens (tertiary/aromatic N) is 3. The molecule has 0 saturated carbocycles. The van der Waals surface area contributed by atoms with Gasteiger partial charge in [0, 0.05) is 19.0 Å². The Bertz CT molecular complexity index is 289. The van der Waals surface area contributed by atoms with Crippen molar-refractivity contribution in [3.63, 3.8) is 0 Å². The lowest BCUT2D eigenvalue weighted by atomic mass is 10.0. The van der Waals surface area contributed by atoms with Crippen LogP contribution in [0.2, 0.25) is 0 Å². The summed E-state index contributed by atoms with van der Waals surface area (Å²) >= 11 is 0. The molecule has 1 aromatic heterocycles. The molecule has 1 aromatic rings. The Morgan fingerprint density at radius 2 is 2.47 bits per heavy atom. The molecule has 1 aliphatic rings. The van der Waals surface area contributed by atoms with Crippen LogP contribution in [0.15, 0.2) is 6.20 Å². The number of piperidine rings is 1. The maximum atomic E-state index is 4.11. The van der Waals surface area contributed by atoms with E-state index in [4.69, 9.17) is 0 Å². The minimum atomic E-state index is 0.632. The molecule has 4 nitrogen and oxygen atoms in total. The molecule has 84 valence electrons. The number of hydrogen-bond acceptors (Lipinski definition) is 3. The quantitative estimate of drug-likeness (QED) is 0.812. The summed E-state index contributed by atoms with van der Waals surface area (Å²) in [7, 11) is 0. The number of aromatic nitrogens is 3. The summed E-state index contributed by atoms with van der Waals surface area (Å²) in [6.45, 7) is 4.33. The van der Waals surface area contributed by atoms with Crippen molar-refractivity contribution < 1.29 is 0 Å². The summed E-state index contributed by atoms with van der Waals surface area (Å²) in [5.41, 5.74) is 1.27. The molecular weight excluding hydrogens is 188 g/mol. The summed E-state index contributed by atoms with van der Waals surface area (Å²) in [4.78, 5) is 0. The maximum Gasteiger partial charge on any atom is 0.0725 e. The molecule has 1 unspecified atom stereocenters. The highest BCUT2D eigenvalue weighted by molar-refractivity contribution is 4.98. The summed E-state index contributed by atoms with van der Waals surface area (Å²) in [6.07, 6.45) is 8.07. The first-order chi connectivity index (χ1) is 7.40. The van der Waals surface area contributed by atoms with E-state index in [1.54, 1.807) is 0 Å². The molecule has 2 heterocycles. The second kappa shape index (κ2) is 5.26.